The third-order valence-electron chi connectivity index (χ3n) is 5.47. The molecule has 0 radical (unpaired) electrons. The van der Waals surface area contributed by atoms with E-state index in [0.717, 1.165) is 21.3 Å². The molecule has 4 aromatic rings. The lowest BCUT2D eigenvalue weighted by Gasteiger charge is -2.11. The van der Waals surface area contributed by atoms with E-state index in [0.29, 0.717) is 18.0 Å². The third kappa shape index (κ3) is 4.96. The number of para-hydroxylation sites is 1. The van der Waals surface area contributed by atoms with Crippen LogP contribution in [0.5, 0.6) is 0 Å². The minimum Gasteiger partial charge on any atom is -0.383 e. The van der Waals surface area contributed by atoms with Crippen molar-refractivity contribution in [2.75, 3.05) is 18.4 Å². The predicted molar refractivity (Wildman–Crippen MR) is 135 cm³/mol. The second-order valence-electron chi connectivity index (χ2n) is 7.81. The number of benzene rings is 3. The number of hydrogen-bond donors (Lipinski definition) is 1. The number of carbonyl (C=O) groups excluding carboxylic acids is 1. The molecule has 7 nitrogen and oxygen atoms in total. The first kappa shape index (κ1) is 23.9. The minimum absolute atomic E-state index is 0.113. The Morgan fingerprint density at radius 1 is 1.03 bits per heavy atom. The van der Waals surface area contributed by atoms with Gasteiger partial charge in [-0.25, -0.2) is 8.42 Å². The number of rotatable bonds is 7. The lowest BCUT2D eigenvalue weighted by Crippen LogP contribution is -2.20. The van der Waals surface area contributed by atoms with Gasteiger partial charge in [-0.2, -0.15) is 4.99 Å². The zero-order valence-corrected chi connectivity index (χ0v) is 20.7. The molecule has 4 rings (SSSR count). The smallest absolute Gasteiger partial charge is 0.281 e. The molecular formula is C25H25N3O4S2. The summed E-state index contributed by atoms with van der Waals surface area (Å²) < 4.78 is 36.4. The lowest BCUT2D eigenvalue weighted by atomic mass is 10.1. The number of carbonyl (C=O) groups is 1. The highest BCUT2D eigenvalue weighted by molar-refractivity contribution is 7.92. The van der Waals surface area contributed by atoms with Crippen LogP contribution >= 0.6 is 11.3 Å². The zero-order chi connectivity index (χ0) is 24.3. The summed E-state index contributed by atoms with van der Waals surface area (Å²) in [4.78, 5) is 18.3. The second-order valence-corrected chi connectivity index (χ2v) is 10.5. The van der Waals surface area contributed by atoms with Gasteiger partial charge in [-0.1, -0.05) is 41.7 Å². The van der Waals surface area contributed by atoms with E-state index >= 15 is 0 Å². The van der Waals surface area contributed by atoms with E-state index in [1.165, 1.54) is 23.5 Å². The molecule has 176 valence electrons. The van der Waals surface area contributed by atoms with Crippen LogP contribution in [0.3, 0.4) is 0 Å². The van der Waals surface area contributed by atoms with E-state index < -0.39 is 15.9 Å². The van der Waals surface area contributed by atoms with Gasteiger partial charge in [0, 0.05) is 13.7 Å². The van der Waals surface area contributed by atoms with Crippen molar-refractivity contribution in [2.45, 2.75) is 25.3 Å². The van der Waals surface area contributed by atoms with Gasteiger partial charge in [-0.15, -0.1) is 0 Å². The number of fused-ring (bicyclic) bond motifs is 1. The van der Waals surface area contributed by atoms with Crippen LogP contribution in [0.4, 0.5) is 5.69 Å². The lowest BCUT2D eigenvalue weighted by molar-refractivity contribution is 0.0998. The van der Waals surface area contributed by atoms with Gasteiger partial charge >= 0.3 is 0 Å². The second kappa shape index (κ2) is 9.92. The van der Waals surface area contributed by atoms with Crippen LogP contribution in [0.25, 0.3) is 10.2 Å². The molecule has 1 N–H and O–H groups in total. The molecule has 0 aliphatic carbocycles. The Morgan fingerprint density at radius 2 is 1.71 bits per heavy atom. The first-order valence-electron chi connectivity index (χ1n) is 10.7. The maximum absolute atomic E-state index is 13.3. The van der Waals surface area contributed by atoms with Crippen molar-refractivity contribution in [3.8, 4) is 0 Å². The topological polar surface area (TPSA) is 89.8 Å². The van der Waals surface area contributed by atoms with E-state index in [-0.39, 0.29) is 16.1 Å². The highest BCUT2D eigenvalue weighted by Gasteiger charge is 2.19. The van der Waals surface area contributed by atoms with E-state index in [2.05, 4.69) is 21.8 Å². The molecule has 1 aromatic heterocycles. The molecule has 3 aromatic carbocycles. The van der Waals surface area contributed by atoms with Crippen molar-refractivity contribution in [1.82, 2.24) is 4.57 Å². The molecule has 34 heavy (non-hydrogen) atoms. The summed E-state index contributed by atoms with van der Waals surface area (Å²) in [5.41, 5.74) is 3.64. The van der Waals surface area contributed by atoms with Crippen LogP contribution in [0.1, 0.15) is 21.5 Å². The van der Waals surface area contributed by atoms with Crippen LogP contribution in [-0.4, -0.2) is 32.6 Å². The summed E-state index contributed by atoms with van der Waals surface area (Å²) in [6.07, 6.45) is 0. The van der Waals surface area contributed by atoms with E-state index in [4.69, 9.17) is 4.74 Å². The highest BCUT2D eigenvalue weighted by atomic mass is 32.2. The molecule has 0 unspecified atom stereocenters. The van der Waals surface area contributed by atoms with Gasteiger partial charge in [0.15, 0.2) is 4.80 Å². The van der Waals surface area contributed by atoms with Gasteiger partial charge in [0.05, 0.1) is 33.0 Å². The molecular weight excluding hydrogens is 470 g/mol. The quantitative estimate of drug-likeness (QED) is 0.409. The Bertz CT molecular complexity index is 1520. The fraction of sp³-hybridized carbons (Fsp3) is 0.200. The molecule has 1 amide bonds. The Labute approximate surface area is 202 Å². The molecule has 0 atom stereocenters. The number of thiazole rings is 1. The fourth-order valence-electron chi connectivity index (χ4n) is 3.51. The predicted octanol–water partition coefficient (Wildman–Crippen LogP) is 4.51. The molecule has 0 aliphatic rings. The van der Waals surface area contributed by atoms with E-state index in [9.17, 15) is 13.2 Å². The summed E-state index contributed by atoms with van der Waals surface area (Å²) in [6, 6.07) is 18.7. The molecule has 0 saturated carbocycles. The van der Waals surface area contributed by atoms with Crippen LogP contribution in [-0.2, 0) is 21.3 Å². The summed E-state index contributed by atoms with van der Waals surface area (Å²) in [5, 5.41) is 0. The standard InChI is InChI=1S/C25H25N3O4S2/c1-17-15-22-23(16-18(17)2)33-25(28(22)13-14-32-3)26-24(29)20-11-7-8-12-21(20)27-34(30,31)19-9-5-4-6-10-19/h4-12,15-16,27H,13-14H2,1-3H3. The van der Waals surface area contributed by atoms with Gasteiger partial charge in [-0.3, -0.25) is 9.52 Å². The number of amides is 1. The SMILES string of the molecule is COCCn1c(=NC(=O)c2ccccc2NS(=O)(=O)c2ccccc2)sc2cc(C)c(C)cc21. The Kier molecular flexibility index (Phi) is 6.97. The number of sulfonamides is 1. The van der Waals surface area contributed by atoms with E-state index in [1.54, 1.807) is 49.6 Å². The van der Waals surface area contributed by atoms with E-state index in [1.807, 2.05) is 18.4 Å². The first-order valence-corrected chi connectivity index (χ1v) is 13.0. The number of nitrogens with one attached hydrogen (secondary N) is 1. The summed E-state index contributed by atoms with van der Waals surface area (Å²) in [7, 11) is -2.23. The normalized spacial score (nSPS) is 12.3. The van der Waals surface area contributed by atoms with Crippen LogP contribution in [0.15, 0.2) is 76.6 Å². The number of nitrogens with zero attached hydrogens (tertiary/aromatic N) is 2. The van der Waals surface area contributed by atoms with Crippen molar-refractivity contribution in [1.29, 1.82) is 0 Å². The Balaban J connectivity index is 1.77. The van der Waals surface area contributed by atoms with Crippen molar-refractivity contribution in [2.24, 2.45) is 4.99 Å². The van der Waals surface area contributed by atoms with Crippen molar-refractivity contribution in [3.05, 3.63) is 88.2 Å². The molecule has 9 heteroatoms. The summed E-state index contributed by atoms with van der Waals surface area (Å²) in [5.74, 6) is -0.530. The number of hydrogen-bond acceptors (Lipinski definition) is 5. The molecule has 0 saturated heterocycles. The van der Waals surface area contributed by atoms with Crippen molar-refractivity contribution < 1.29 is 17.9 Å². The number of aryl methyl sites for hydroxylation is 2. The average Bonchev–Trinajstić information content (AvgIpc) is 3.14. The Morgan fingerprint density at radius 3 is 2.44 bits per heavy atom. The van der Waals surface area contributed by atoms with Gasteiger partial charge in [0.1, 0.15) is 0 Å². The number of aromatic nitrogens is 1. The third-order valence-corrected chi connectivity index (χ3v) is 7.89. The molecule has 0 fully saturated rings. The molecule has 0 aliphatic heterocycles. The van der Waals surface area contributed by atoms with Gasteiger partial charge in [0.2, 0.25) is 0 Å². The molecule has 1 heterocycles. The molecule has 0 bridgehead atoms. The average molecular weight is 496 g/mol. The zero-order valence-electron chi connectivity index (χ0n) is 19.1. The monoisotopic (exact) mass is 495 g/mol. The number of anilines is 1. The summed E-state index contributed by atoms with van der Waals surface area (Å²) >= 11 is 1.42. The van der Waals surface area contributed by atoms with Gasteiger partial charge in [0.25, 0.3) is 15.9 Å². The highest BCUT2D eigenvalue weighted by Crippen LogP contribution is 2.23. The van der Waals surface area contributed by atoms with Crippen LogP contribution < -0.4 is 9.52 Å². The largest absolute Gasteiger partial charge is 0.383 e. The molecule has 0 spiro atoms. The maximum Gasteiger partial charge on any atom is 0.281 e. The minimum atomic E-state index is -3.86. The number of methoxy groups -OCH3 is 1. The summed E-state index contributed by atoms with van der Waals surface area (Å²) in [6.45, 7) is 5.09. The van der Waals surface area contributed by atoms with Crippen LogP contribution in [0, 0.1) is 13.8 Å². The van der Waals surface area contributed by atoms with Crippen molar-refractivity contribution >= 4 is 43.2 Å². The Hall–Kier alpha value is -3.27. The van der Waals surface area contributed by atoms with Gasteiger partial charge < -0.3 is 9.30 Å². The van der Waals surface area contributed by atoms with Crippen molar-refractivity contribution in [3.63, 3.8) is 0 Å². The maximum atomic E-state index is 13.3. The fourth-order valence-corrected chi connectivity index (χ4v) is 5.75. The van der Waals surface area contributed by atoms with Crippen LogP contribution in [0.2, 0.25) is 0 Å². The number of ether oxygens (including phenoxy) is 1. The first-order chi connectivity index (χ1) is 16.3. The van der Waals surface area contributed by atoms with Gasteiger partial charge in [-0.05, 0) is 61.4 Å².